The fourth-order valence-corrected chi connectivity index (χ4v) is 4.05. The van der Waals surface area contributed by atoms with E-state index in [-0.39, 0.29) is 0 Å². The first-order valence-electron chi connectivity index (χ1n) is 8.56. The molecule has 0 radical (unpaired) electrons. The lowest BCUT2D eigenvalue weighted by Crippen LogP contribution is -2.65. The van der Waals surface area contributed by atoms with Gasteiger partial charge >= 0.3 is 0 Å². The molecule has 2 heterocycles. The fraction of sp³-hybridized carbons (Fsp3) is 0.824. The fourth-order valence-electron chi connectivity index (χ4n) is 4.05. The lowest BCUT2D eigenvalue weighted by atomic mass is 9.77. The summed E-state index contributed by atoms with van der Waals surface area (Å²) in [4.78, 5) is 2.75. The number of nitrogens with zero attached hydrogens (tertiary/aromatic N) is 3. The Labute approximate surface area is 128 Å². The number of aromatic nitrogens is 2. The average molecular weight is 290 g/mol. The standard InChI is InChI=1S/C17H30N4/c1-14(2)16-12-21(11-15-7-10-20(3)19-15)17(13-18-16)8-5-4-6-9-17/h7,10,14,16,18H,4-6,8-9,11-13H2,1-3H3. The summed E-state index contributed by atoms with van der Waals surface area (Å²) in [5.74, 6) is 0.692. The highest BCUT2D eigenvalue weighted by Gasteiger charge is 2.42. The van der Waals surface area contributed by atoms with Crippen LogP contribution < -0.4 is 5.32 Å². The van der Waals surface area contributed by atoms with E-state index in [1.54, 1.807) is 0 Å². The molecule has 1 spiro atoms. The Morgan fingerprint density at radius 2 is 2.10 bits per heavy atom. The minimum absolute atomic E-state index is 0.376. The summed E-state index contributed by atoms with van der Waals surface area (Å²) in [6.07, 6.45) is 8.92. The molecule has 1 N–H and O–H groups in total. The van der Waals surface area contributed by atoms with E-state index in [1.807, 2.05) is 11.7 Å². The Morgan fingerprint density at radius 1 is 1.33 bits per heavy atom. The van der Waals surface area contributed by atoms with Gasteiger partial charge in [0.2, 0.25) is 0 Å². The van der Waals surface area contributed by atoms with Gasteiger partial charge in [-0.3, -0.25) is 9.58 Å². The van der Waals surface area contributed by atoms with Gasteiger partial charge < -0.3 is 5.32 Å². The maximum Gasteiger partial charge on any atom is 0.0764 e. The highest BCUT2D eigenvalue weighted by Crippen LogP contribution is 2.36. The van der Waals surface area contributed by atoms with Crippen LogP contribution in [0.15, 0.2) is 12.3 Å². The second kappa shape index (κ2) is 6.09. The second-order valence-electron chi connectivity index (χ2n) is 7.38. The van der Waals surface area contributed by atoms with Crippen LogP contribution in [0.4, 0.5) is 0 Å². The van der Waals surface area contributed by atoms with Crippen molar-refractivity contribution in [3.05, 3.63) is 18.0 Å². The summed E-state index contributed by atoms with van der Waals surface area (Å²) in [6.45, 7) is 7.98. The van der Waals surface area contributed by atoms with E-state index >= 15 is 0 Å². The highest BCUT2D eigenvalue weighted by molar-refractivity contribution is 5.06. The molecule has 1 aliphatic carbocycles. The van der Waals surface area contributed by atoms with Crippen molar-refractivity contribution >= 4 is 0 Å². The third-order valence-electron chi connectivity index (χ3n) is 5.49. The Bertz CT molecular complexity index is 459. The molecule has 1 atom stereocenters. The maximum absolute atomic E-state index is 4.61. The molecule has 4 heteroatoms. The first kappa shape index (κ1) is 15.0. The quantitative estimate of drug-likeness (QED) is 0.929. The summed E-state index contributed by atoms with van der Waals surface area (Å²) >= 11 is 0. The van der Waals surface area contributed by atoms with Gasteiger partial charge in [-0.25, -0.2) is 0 Å². The monoisotopic (exact) mass is 290 g/mol. The van der Waals surface area contributed by atoms with Gasteiger partial charge in [0.15, 0.2) is 0 Å². The first-order chi connectivity index (χ1) is 10.1. The Morgan fingerprint density at radius 3 is 2.71 bits per heavy atom. The molecule has 1 aromatic rings. The topological polar surface area (TPSA) is 33.1 Å². The number of hydrogen-bond acceptors (Lipinski definition) is 3. The average Bonchev–Trinajstić information content (AvgIpc) is 2.87. The van der Waals surface area contributed by atoms with Crippen molar-refractivity contribution in [2.75, 3.05) is 13.1 Å². The van der Waals surface area contributed by atoms with Crippen LogP contribution in [0.25, 0.3) is 0 Å². The van der Waals surface area contributed by atoms with E-state index in [0.717, 1.165) is 19.6 Å². The molecule has 1 aromatic heterocycles. The normalized spacial score (nSPS) is 26.6. The Kier molecular flexibility index (Phi) is 4.36. The van der Waals surface area contributed by atoms with Crippen molar-refractivity contribution in [1.29, 1.82) is 0 Å². The van der Waals surface area contributed by atoms with Crippen molar-refractivity contribution in [2.45, 2.75) is 64.1 Å². The Hall–Kier alpha value is -0.870. The Balaban J connectivity index is 1.78. The van der Waals surface area contributed by atoms with Crippen molar-refractivity contribution in [3.63, 3.8) is 0 Å². The third-order valence-corrected chi connectivity index (χ3v) is 5.49. The molecular formula is C17H30N4. The summed E-state index contributed by atoms with van der Waals surface area (Å²) in [5.41, 5.74) is 1.59. The van der Waals surface area contributed by atoms with Gasteiger partial charge in [0.05, 0.1) is 5.69 Å². The van der Waals surface area contributed by atoms with Crippen LogP contribution in [0.1, 0.15) is 51.6 Å². The predicted molar refractivity (Wildman–Crippen MR) is 86.1 cm³/mol. The third kappa shape index (κ3) is 3.16. The molecule has 0 amide bonds. The summed E-state index contributed by atoms with van der Waals surface area (Å²) in [5, 5.41) is 8.44. The second-order valence-corrected chi connectivity index (χ2v) is 7.38. The van der Waals surface area contributed by atoms with Gasteiger partial charge in [-0.2, -0.15) is 5.10 Å². The number of nitrogens with one attached hydrogen (secondary N) is 1. The lowest BCUT2D eigenvalue weighted by Gasteiger charge is -2.52. The molecule has 4 nitrogen and oxygen atoms in total. The van der Waals surface area contributed by atoms with Crippen LogP contribution in [0.3, 0.4) is 0 Å². The van der Waals surface area contributed by atoms with Gasteiger partial charge in [0.25, 0.3) is 0 Å². The van der Waals surface area contributed by atoms with E-state index in [1.165, 1.54) is 37.8 Å². The number of aryl methyl sites for hydroxylation is 1. The minimum Gasteiger partial charge on any atom is -0.311 e. The smallest absolute Gasteiger partial charge is 0.0764 e. The van der Waals surface area contributed by atoms with Crippen LogP contribution in [0, 0.1) is 5.92 Å². The molecule has 0 bridgehead atoms. The van der Waals surface area contributed by atoms with Crippen LogP contribution in [0.5, 0.6) is 0 Å². The number of rotatable bonds is 3. The van der Waals surface area contributed by atoms with Crippen LogP contribution >= 0.6 is 0 Å². The highest BCUT2D eigenvalue weighted by atomic mass is 15.3. The van der Waals surface area contributed by atoms with Crippen molar-refractivity contribution in [2.24, 2.45) is 13.0 Å². The summed E-state index contributed by atoms with van der Waals surface area (Å²) < 4.78 is 1.92. The number of hydrogen-bond donors (Lipinski definition) is 1. The van der Waals surface area contributed by atoms with Gasteiger partial charge in [-0.1, -0.05) is 33.1 Å². The lowest BCUT2D eigenvalue weighted by molar-refractivity contribution is -0.00512. The van der Waals surface area contributed by atoms with E-state index in [4.69, 9.17) is 0 Å². The van der Waals surface area contributed by atoms with Crippen LogP contribution in [-0.4, -0.2) is 39.4 Å². The van der Waals surface area contributed by atoms with Gasteiger partial charge in [-0.05, 0) is 24.8 Å². The molecular weight excluding hydrogens is 260 g/mol. The van der Waals surface area contributed by atoms with E-state index in [9.17, 15) is 0 Å². The molecule has 118 valence electrons. The van der Waals surface area contributed by atoms with Gasteiger partial charge in [0, 0.05) is 44.5 Å². The SMILES string of the molecule is CC(C)C1CN(Cc2ccn(C)n2)C2(CCCCC2)CN1. The molecule has 2 fully saturated rings. The zero-order chi connectivity index (χ0) is 14.9. The van der Waals surface area contributed by atoms with Crippen molar-refractivity contribution in [3.8, 4) is 0 Å². The maximum atomic E-state index is 4.61. The molecule has 2 aliphatic rings. The van der Waals surface area contributed by atoms with Gasteiger partial charge in [0.1, 0.15) is 0 Å². The van der Waals surface area contributed by atoms with E-state index < -0.39 is 0 Å². The molecule has 1 saturated heterocycles. The number of piperazine rings is 1. The summed E-state index contributed by atoms with van der Waals surface area (Å²) in [6, 6.07) is 2.78. The molecule has 1 unspecified atom stereocenters. The minimum atomic E-state index is 0.376. The first-order valence-corrected chi connectivity index (χ1v) is 8.56. The van der Waals surface area contributed by atoms with Crippen molar-refractivity contribution < 1.29 is 0 Å². The summed E-state index contributed by atoms with van der Waals surface area (Å²) in [7, 11) is 2.01. The molecule has 1 aliphatic heterocycles. The van der Waals surface area contributed by atoms with E-state index in [0.29, 0.717) is 17.5 Å². The predicted octanol–water partition coefficient (Wildman–Crippen LogP) is 2.55. The van der Waals surface area contributed by atoms with Crippen LogP contribution in [-0.2, 0) is 13.6 Å². The molecule has 3 rings (SSSR count). The molecule has 21 heavy (non-hydrogen) atoms. The zero-order valence-corrected chi connectivity index (χ0v) is 13.8. The van der Waals surface area contributed by atoms with Crippen molar-refractivity contribution in [1.82, 2.24) is 20.0 Å². The molecule has 0 aromatic carbocycles. The zero-order valence-electron chi connectivity index (χ0n) is 13.8. The largest absolute Gasteiger partial charge is 0.311 e. The van der Waals surface area contributed by atoms with Crippen LogP contribution in [0.2, 0.25) is 0 Å². The van der Waals surface area contributed by atoms with Gasteiger partial charge in [-0.15, -0.1) is 0 Å². The molecule has 1 saturated carbocycles. The van der Waals surface area contributed by atoms with E-state index in [2.05, 4.69) is 41.4 Å².